The van der Waals surface area contributed by atoms with Crippen LogP contribution in [0.4, 0.5) is 4.79 Å². The fourth-order valence-corrected chi connectivity index (χ4v) is 4.72. The topological polar surface area (TPSA) is 121 Å². The van der Waals surface area contributed by atoms with Gasteiger partial charge in [0.15, 0.2) is 5.58 Å². The molecule has 2 aromatic carbocycles. The predicted molar refractivity (Wildman–Crippen MR) is 147 cm³/mol. The van der Waals surface area contributed by atoms with Crippen molar-refractivity contribution in [3.05, 3.63) is 58.6 Å². The van der Waals surface area contributed by atoms with Gasteiger partial charge in [0.2, 0.25) is 5.91 Å². The number of nitriles is 1. The summed E-state index contributed by atoms with van der Waals surface area (Å²) in [6.07, 6.45) is -0.00265. The summed E-state index contributed by atoms with van der Waals surface area (Å²) in [6, 6.07) is 14.4. The lowest BCUT2D eigenvalue weighted by molar-refractivity contribution is -0.123. The minimum absolute atomic E-state index is 0.0830. The molecule has 0 aliphatic carbocycles. The Bertz CT molecular complexity index is 1440. The monoisotopic (exact) mass is 533 g/mol. The molecule has 1 aromatic heterocycles. The van der Waals surface area contributed by atoms with Crippen molar-refractivity contribution in [3.8, 4) is 17.2 Å². The van der Waals surface area contributed by atoms with Crippen molar-refractivity contribution in [2.75, 3.05) is 26.7 Å². The third kappa shape index (κ3) is 6.86. The van der Waals surface area contributed by atoms with Crippen LogP contribution in [0.15, 0.2) is 51.7 Å². The van der Waals surface area contributed by atoms with Crippen LogP contribution in [0.3, 0.4) is 0 Å². The molecule has 206 valence electrons. The summed E-state index contributed by atoms with van der Waals surface area (Å²) in [5, 5.41) is 12.5. The van der Waals surface area contributed by atoms with E-state index >= 15 is 0 Å². The number of amides is 2. The Kier molecular flexibility index (Phi) is 8.11. The first-order valence-electron chi connectivity index (χ1n) is 13.0. The van der Waals surface area contributed by atoms with Crippen molar-refractivity contribution in [3.63, 3.8) is 0 Å². The van der Waals surface area contributed by atoms with Gasteiger partial charge in [0, 0.05) is 39.5 Å². The molecule has 0 spiro atoms. The van der Waals surface area contributed by atoms with Crippen LogP contribution in [0.5, 0.6) is 0 Å². The van der Waals surface area contributed by atoms with Gasteiger partial charge in [0.05, 0.1) is 17.6 Å². The molecule has 2 atom stereocenters. The number of carbonyl (C=O) groups excluding carboxylic acids is 2. The summed E-state index contributed by atoms with van der Waals surface area (Å²) in [5.41, 5.74) is 3.40. The van der Waals surface area contributed by atoms with Gasteiger partial charge < -0.3 is 24.3 Å². The molecule has 2 amide bonds. The second-order valence-electron chi connectivity index (χ2n) is 11.1. The van der Waals surface area contributed by atoms with E-state index in [0.29, 0.717) is 37.2 Å². The molecule has 4 rings (SSSR count). The fraction of sp³-hybridized carbons (Fsp3) is 0.448. The van der Waals surface area contributed by atoms with Gasteiger partial charge in [-0.2, -0.15) is 5.26 Å². The zero-order valence-corrected chi connectivity index (χ0v) is 23.1. The molecule has 0 bridgehead atoms. The average Bonchev–Trinajstić information content (AvgIpc) is 3.15. The van der Waals surface area contributed by atoms with E-state index in [1.807, 2.05) is 64.2 Å². The minimum Gasteiger partial charge on any atom is -0.444 e. The normalized spacial score (nSPS) is 17.0. The molecule has 39 heavy (non-hydrogen) atoms. The summed E-state index contributed by atoms with van der Waals surface area (Å²) < 4.78 is 12.2. The van der Waals surface area contributed by atoms with Crippen LogP contribution in [0.2, 0.25) is 0 Å². The number of fused-ring (bicyclic) bond motifs is 1. The maximum Gasteiger partial charge on any atom is 0.419 e. The van der Waals surface area contributed by atoms with Gasteiger partial charge in [-0.15, -0.1) is 0 Å². The summed E-state index contributed by atoms with van der Waals surface area (Å²) in [4.78, 5) is 41.1. The van der Waals surface area contributed by atoms with E-state index in [1.54, 1.807) is 18.0 Å². The SMILES string of the molecule is CN1CCN(C(=O)OC(C)(C)C)[C@@H](CC(=O)N[C@H](C#N)Cc2ccc(-c3ccc4oc(=O)n(C)c4c3)cc2)C1. The third-order valence-electron chi connectivity index (χ3n) is 6.74. The lowest BCUT2D eigenvalue weighted by Crippen LogP contribution is -2.56. The van der Waals surface area contributed by atoms with Gasteiger partial charge in [-0.25, -0.2) is 9.59 Å². The number of carbonyl (C=O) groups is 2. The van der Waals surface area contributed by atoms with Crippen LogP contribution in [-0.2, 0) is 23.0 Å². The van der Waals surface area contributed by atoms with Crippen molar-refractivity contribution in [1.82, 2.24) is 19.7 Å². The largest absolute Gasteiger partial charge is 0.444 e. The Labute approximate surface area is 227 Å². The minimum atomic E-state index is -0.712. The number of benzene rings is 2. The molecule has 1 aliphatic rings. The van der Waals surface area contributed by atoms with Gasteiger partial charge >= 0.3 is 11.8 Å². The highest BCUT2D eigenvalue weighted by Gasteiger charge is 2.33. The smallest absolute Gasteiger partial charge is 0.419 e. The fourth-order valence-electron chi connectivity index (χ4n) is 4.72. The molecule has 10 nitrogen and oxygen atoms in total. The Morgan fingerprint density at radius 2 is 1.82 bits per heavy atom. The van der Waals surface area contributed by atoms with Crippen molar-refractivity contribution < 1.29 is 18.7 Å². The second kappa shape index (κ2) is 11.3. The highest BCUT2D eigenvalue weighted by atomic mass is 16.6. The summed E-state index contributed by atoms with van der Waals surface area (Å²) >= 11 is 0. The van der Waals surface area contributed by atoms with E-state index in [-0.39, 0.29) is 18.4 Å². The molecule has 2 heterocycles. The number of nitrogens with zero attached hydrogens (tertiary/aromatic N) is 4. The van der Waals surface area contributed by atoms with Gasteiger partial charge in [-0.3, -0.25) is 9.36 Å². The Hall–Kier alpha value is -4.10. The maximum absolute atomic E-state index is 12.9. The van der Waals surface area contributed by atoms with E-state index in [2.05, 4.69) is 16.3 Å². The number of likely N-dealkylation sites (N-methyl/N-ethyl adjacent to an activating group) is 1. The van der Waals surface area contributed by atoms with Crippen LogP contribution >= 0.6 is 0 Å². The molecular formula is C29H35N5O5. The predicted octanol–water partition coefficient (Wildman–Crippen LogP) is 3.29. The summed E-state index contributed by atoms with van der Waals surface area (Å²) in [5.74, 6) is -0.693. The van der Waals surface area contributed by atoms with Crippen LogP contribution in [0.25, 0.3) is 22.2 Å². The second-order valence-corrected chi connectivity index (χ2v) is 11.1. The van der Waals surface area contributed by atoms with Crippen LogP contribution in [-0.4, -0.2) is 70.7 Å². The van der Waals surface area contributed by atoms with Crippen molar-refractivity contribution in [2.45, 2.75) is 51.3 Å². The summed E-state index contributed by atoms with van der Waals surface area (Å²) in [7, 11) is 3.62. The Morgan fingerprint density at radius 1 is 1.13 bits per heavy atom. The van der Waals surface area contributed by atoms with Gasteiger partial charge in [-0.05, 0) is 56.6 Å². The third-order valence-corrected chi connectivity index (χ3v) is 6.74. The molecule has 1 aliphatic heterocycles. The van der Waals surface area contributed by atoms with Crippen molar-refractivity contribution in [2.24, 2.45) is 7.05 Å². The molecule has 0 saturated carbocycles. The number of aromatic nitrogens is 1. The molecule has 1 fully saturated rings. The number of nitrogens with one attached hydrogen (secondary N) is 1. The first kappa shape index (κ1) is 27.9. The van der Waals surface area contributed by atoms with Crippen LogP contribution < -0.4 is 11.1 Å². The average molecular weight is 534 g/mol. The van der Waals surface area contributed by atoms with E-state index in [0.717, 1.165) is 16.7 Å². The number of piperazine rings is 1. The number of ether oxygens (including phenoxy) is 1. The number of hydrogen-bond acceptors (Lipinski definition) is 7. The Balaban J connectivity index is 1.38. The maximum atomic E-state index is 12.9. The molecule has 0 unspecified atom stereocenters. The van der Waals surface area contributed by atoms with Crippen LogP contribution in [0, 0.1) is 11.3 Å². The van der Waals surface area contributed by atoms with Crippen LogP contribution in [0.1, 0.15) is 32.8 Å². The molecule has 1 N–H and O–H groups in total. The lowest BCUT2D eigenvalue weighted by Gasteiger charge is -2.40. The number of rotatable bonds is 6. The number of hydrogen-bond donors (Lipinski definition) is 1. The lowest BCUT2D eigenvalue weighted by atomic mass is 10.0. The number of oxazole rings is 1. The van der Waals surface area contributed by atoms with Crippen molar-refractivity contribution in [1.29, 1.82) is 5.26 Å². The molecular weight excluding hydrogens is 498 g/mol. The van der Waals surface area contributed by atoms with E-state index in [1.165, 1.54) is 4.57 Å². The van der Waals surface area contributed by atoms with Gasteiger partial charge in [0.1, 0.15) is 11.6 Å². The highest BCUT2D eigenvalue weighted by molar-refractivity contribution is 5.81. The first-order valence-corrected chi connectivity index (χ1v) is 13.0. The number of aryl methyl sites for hydroxylation is 1. The highest BCUT2D eigenvalue weighted by Crippen LogP contribution is 2.25. The standard InChI is InChI=1S/C29H35N5O5/c1-29(2,3)39-28(37)34-13-12-32(4)18-23(34)16-26(35)31-22(17-30)14-19-6-8-20(9-7-19)21-10-11-25-24(15-21)33(5)27(36)38-25/h6-11,15,22-23H,12-14,16,18H2,1-5H3,(H,31,35)/t22-,23-/m0/s1. The molecule has 0 radical (unpaired) electrons. The molecule has 10 heteroatoms. The zero-order valence-electron chi connectivity index (χ0n) is 23.1. The Morgan fingerprint density at radius 3 is 2.49 bits per heavy atom. The van der Waals surface area contributed by atoms with E-state index in [9.17, 15) is 19.6 Å². The quantitative estimate of drug-likeness (QED) is 0.516. The van der Waals surface area contributed by atoms with E-state index < -0.39 is 23.5 Å². The van der Waals surface area contributed by atoms with E-state index in [4.69, 9.17) is 9.15 Å². The summed E-state index contributed by atoms with van der Waals surface area (Å²) in [6.45, 7) is 7.16. The molecule has 1 saturated heterocycles. The van der Waals surface area contributed by atoms with Gasteiger partial charge in [-0.1, -0.05) is 30.3 Å². The molecule has 3 aromatic rings. The zero-order chi connectivity index (χ0) is 28.3. The van der Waals surface area contributed by atoms with Gasteiger partial charge in [0.25, 0.3) is 0 Å². The van der Waals surface area contributed by atoms with Crippen molar-refractivity contribution >= 4 is 23.1 Å². The first-order chi connectivity index (χ1) is 18.4.